The van der Waals surface area contributed by atoms with E-state index in [1.807, 2.05) is 0 Å². The van der Waals surface area contributed by atoms with Crippen molar-refractivity contribution in [3.8, 4) is 17.1 Å². The van der Waals surface area contributed by atoms with Gasteiger partial charge in [-0.15, -0.1) is 10.2 Å². The standard InChI is InChI=1S/C17H15N5O3/c1-25-14-8-6-11(7-9-14)15(23)10-22-20-17(19-21-22)13-4-2-12(3-5-13)16(18)24/h2-9H,10H2,1H3,(H2,18,24). The maximum Gasteiger partial charge on any atom is 0.248 e. The van der Waals surface area contributed by atoms with Gasteiger partial charge in [0.15, 0.2) is 5.78 Å². The first-order valence-corrected chi connectivity index (χ1v) is 7.42. The van der Waals surface area contributed by atoms with Crippen molar-refractivity contribution in [1.82, 2.24) is 20.2 Å². The number of methoxy groups -OCH3 is 1. The van der Waals surface area contributed by atoms with Crippen molar-refractivity contribution in [3.05, 3.63) is 59.7 Å². The molecule has 0 aliphatic rings. The van der Waals surface area contributed by atoms with E-state index in [0.29, 0.717) is 28.3 Å². The lowest BCUT2D eigenvalue weighted by atomic mass is 10.1. The van der Waals surface area contributed by atoms with E-state index in [4.69, 9.17) is 10.5 Å². The molecule has 0 fully saturated rings. The molecule has 3 rings (SSSR count). The normalized spacial score (nSPS) is 10.4. The quantitative estimate of drug-likeness (QED) is 0.679. The average Bonchev–Trinajstić information content (AvgIpc) is 3.10. The Balaban J connectivity index is 1.72. The van der Waals surface area contributed by atoms with Gasteiger partial charge in [0.25, 0.3) is 0 Å². The smallest absolute Gasteiger partial charge is 0.248 e. The topological polar surface area (TPSA) is 113 Å². The number of rotatable bonds is 6. The molecule has 0 unspecified atom stereocenters. The predicted molar refractivity (Wildman–Crippen MR) is 89.1 cm³/mol. The van der Waals surface area contributed by atoms with Gasteiger partial charge in [0.05, 0.1) is 7.11 Å². The van der Waals surface area contributed by atoms with Crippen molar-refractivity contribution in [3.63, 3.8) is 0 Å². The van der Waals surface area contributed by atoms with E-state index in [2.05, 4.69) is 15.4 Å². The molecule has 0 bridgehead atoms. The first-order chi connectivity index (χ1) is 12.1. The zero-order chi connectivity index (χ0) is 17.8. The molecule has 0 spiro atoms. The van der Waals surface area contributed by atoms with Gasteiger partial charge in [0, 0.05) is 16.7 Å². The van der Waals surface area contributed by atoms with E-state index in [0.717, 1.165) is 0 Å². The number of primary amides is 1. The van der Waals surface area contributed by atoms with Gasteiger partial charge in [-0.1, -0.05) is 12.1 Å². The average molecular weight is 337 g/mol. The summed E-state index contributed by atoms with van der Waals surface area (Å²) in [7, 11) is 1.56. The molecule has 1 aromatic heterocycles. The maximum atomic E-state index is 12.3. The molecule has 0 atom stereocenters. The number of aromatic nitrogens is 4. The van der Waals surface area contributed by atoms with E-state index in [9.17, 15) is 9.59 Å². The van der Waals surface area contributed by atoms with E-state index < -0.39 is 5.91 Å². The zero-order valence-electron chi connectivity index (χ0n) is 13.4. The molecule has 0 aliphatic heterocycles. The summed E-state index contributed by atoms with van der Waals surface area (Å²) >= 11 is 0. The minimum absolute atomic E-state index is 0.0291. The van der Waals surface area contributed by atoms with Gasteiger partial charge in [-0.25, -0.2) is 0 Å². The lowest BCUT2D eigenvalue weighted by Crippen LogP contribution is -2.13. The van der Waals surface area contributed by atoms with Gasteiger partial charge < -0.3 is 10.5 Å². The molecule has 0 saturated carbocycles. The summed E-state index contributed by atoms with van der Waals surface area (Å²) in [5.74, 6) is 0.389. The Bertz CT molecular complexity index is 901. The SMILES string of the molecule is COc1ccc(C(=O)Cn2nnc(-c3ccc(C(N)=O)cc3)n2)cc1. The second kappa shape index (κ2) is 6.91. The number of nitrogens with two attached hydrogens (primary N) is 1. The fourth-order valence-corrected chi connectivity index (χ4v) is 2.21. The molecule has 1 amide bonds. The second-order valence-corrected chi connectivity index (χ2v) is 5.24. The van der Waals surface area contributed by atoms with Gasteiger partial charge >= 0.3 is 0 Å². The molecular weight excluding hydrogens is 322 g/mol. The number of Topliss-reactive ketones (excluding diaryl/α,β-unsaturated/α-hetero) is 1. The minimum Gasteiger partial charge on any atom is -0.497 e. The van der Waals surface area contributed by atoms with Crippen molar-refractivity contribution in [1.29, 1.82) is 0 Å². The van der Waals surface area contributed by atoms with Crippen LogP contribution in [0, 0.1) is 0 Å². The highest BCUT2D eigenvalue weighted by atomic mass is 16.5. The van der Waals surface area contributed by atoms with Crippen LogP contribution in [0.4, 0.5) is 0 Å². The highest BCUT2D eigenvalue weighted by molar-refractivity contribution is 5.96. The van der Waals surface area contributed by atoms with Gasteiger partial charge in [-0.2, -0.15) is 4.80 Å². The van der Waals surface area contributed by atoms with Gasteiger partial charge in [-0.3, -0.25) is 9.59 Å². The molecule has 126 valence electrons. The molecule has 8 nitrogen and oxygen atoms in total. The Hall–Kier alpha value is -3.55. The summed E-state index contributed by atoms with van der Waals surface area (Å²) in [6, 6.07) is 13.3. The molecule has 0 saturated heterocycles. The molecule has 0 radical (unpaired) electrons. The first kappa shape index (κ1) is 16.3. The largest absolute Gasteiger partial charge is 0.497 e. The monoisotopic (exact) mass is 337 g/mol. The van der Waals surface area contributed by atoms with E-state index >= 15 is 0 Å². The third-order valence-corrected chi connectivity index (χ3v) is 3.58. The van der Waals surface area contributed by atoms with Crippen LogP contribution in [-0.2, 0) is 6.54 Å². The number of hydrogen-bond donors (Lipinski definition) is 1. The molecule has 25 heavy (non-hydrogen) atoms. The van der Waals surface area contributed by atoms with Crippen LogP contribution in [0.3, 0.4) is 0 Å². The van der Waals surface area contributed by atoms with E-state index in [1.54, 1.807) is 55.6 Å². The van der Waals surface area contributed by atoms with Crippen molar-refractivity contribution < 1.29 is 14.3 Å². The van der Waals surface area contributed by atoms with Crippen molar-refractivity contribution >= 4 is 11.7 Å². The predicted octanol–water partition coefficient (Wildman–Crippen LogP) is 1.33. The highest BCUT2D eigenvalue weighted by Gasteiger charge is 2.12. The molecule has 2 N–H and O–H groups in total. The highest BCUT2D eigenvalue weighted by Crippen LogP contribution is 2.15. The molecule has 3 aromatic rings. The number of amides is 1. The summed E-state index contributed by atoms with van der Waals surface area (Å²) in [5, 5.41) is 12.0. The van der Waals surface area contributed by atoms with Gasteiger partial charge in [0.1, 0.15) is 12.3 Å². The van der Waals surface area contributed by atoms with Crippen molar-refractivity contribution in [2.24, 2.45) is 5.73 Å². The zero-order valence-corrected chi connectivity index (χ0v) is 13.4. The van der Waals surface area contributed by atoms with Crippen LogP contribution in [0.5, 0.6) is 5.75 Å². The van der Waals surface area contributed by atoms with Crippen LogP contribution < -0.4 is 10.5 Å². The number of carbonyl (C=O) groups excluding carboxylic acids is 2. The van der Waals surface area contributed by atoms with Crippen LogP contribution in [0.1, 0.15) is 20.7 Å². The fraction of sp³-hybridized carbons (Fsp3) is 0.118. The van der Waals surface area contributed by atoms with Crippen molar-refractivity contribution in [2.45, 2.75) is 6.54 Å². The number of nitrogens with zero attached hydrogens (tertiary/aromatic N) is 4. The lowest BCUT2D eigenvalue weighted by Gasteiger charge is -2.02. The maximum absolute atomic E-state index is 12.3. The summed E-state index contributed by atoms with van der Waals surface area (Å²) in [4.78, 5) is 24.6. The van der Waals surface area contributed by atoms with Crippen LogP contribution in [0.15, 0.2) is 48.5 Å². The van der Waals surface area contributed by atoms with Crippen LogP contribution >= 0.6 is 0 Å². The second-order valence-electron chi connectivity index (χ2n) is 5.24. The Morgan fingerprint density at radius 3 is 2.28 bits per heavy atom. The van der Waals surface area contributed by atoms with Crippen LogP contribution in [0.2, 0.25) is 0 Å². The third-order valence-electron chi connectivity index (χ3n) is 3.58. The fourth-order valence-electron chi connectivity index (χ4n) is 2.21. The minimum atomic E-state index is -0.506. The summed E-state index contributed by atoms with van der Waals surface area (Å²) < 4.78 is 5.06. The number of carbonyl (C=O) groups is 2. The number of hydrogen-bond acceptors (Lipinski definition) is 6. The summed E-state index contributed by atoms with van der Waals surface area (Å²) in [6.45, 7) is -0.0291. The van der Waals surface area contributed by atoms with Crippen LogP contribution in [-0.4, -0.2) is 39.0 Å². The summed E-state index contributed by atoms with van der Waals surface area (Å²) in [5.41, 5.74) is 6.80. The lowest BCUT2D eigenvalue weighted by molar-refractivity contribution is 0.0959. The van der Waals surface area contributed by atoms with E-state index in [1.165, 1.54) is 4.80 Å². The third kappa shape index (κ3) is 3.69. The van der Waals surface area contributed by atoms with Crippen molar-refractivity contribution in [2.75, 3.05) is 7.11 Å². The van der Waals surface area contributed by atoms with Gasteiger partial charge in [0.2, 0.25) is 11.7 Å². The Labute approximate surface area is 143 Å². The molecule has 0 aliphatic carbocycles. The summed E-state index contributed by atoms with van der Waals surface area (Å²) in [6.07, 6.45) is 0. The van der Waals surface area contributed by atoms with Gasteiger partial charge in [-0.05, 0) is 41.6 Å². The number of ketones is 1. The van der Waals surface area contributed by atoms with Crippen LogP contribution in [0.25, 0.3) is 11.4 Å². The number of ether oxygens (including phenoxy) is 1. The first-order valence-electron chi connectivity index (χ1n) is 7.42. The Kier molecular flexibility index (Phi) is 4.51. The number of tetrazole rings is 1. The molecule has 2 aromatic carbocycles. The molecule has 8 heteroatoms. The molecular formula is C17H15N5O3. The Morgan fingerprint density at radius 2 is 1.68 bits per heavy atom. The Morgan fingerprint density at radius 1 is 1.04 bits per heavy atom. The van der Waals surface area contributed by atoms with E-state index in [-0.39, 0.29) is 12.3 Å². The number of benzene rings is 2. The molecule has 1 heterocycles.